The van der Waals surface area contributed by atoms with Gasteiger partial charge < -0.3 is 5.32 Å². The molecule has 0 unspecified atom stereocenters. The Bertz CT molecular complexity index is 375. The maximum Gasteiger partial charge on any atom is 0.240 e. The minimum absolute atomic E-state index is 0.104. The largest absolute Gasteiger partial charge is 0.353 e. The number of aromatic nitrogens is 1. The first-order chi connectivity index (χ1) is 7.60. The molecule has 0 saturated carbocycles. The molecule has 1 aromatic heterocycles. The molecule has 0 spiro atoms. The van der Waals surface area contributed by atoms with Crippen LogP contribution in [0, 0.1) is 0 Å². The maximum absolute atomic E-state index is 11.8. The van der Waals surface area contributed by atoms with Crippen molar-refractivity contribution < 1.29 is 4.79 Å². The van der Waals surface area contributed by atoms with Gasteiger partial charge in [-0.05, 0) is 31.5 Å². The first kappa shape index (κ1) is 11.1. The molecule has 0 atom stereocenters. The Morgan fingerprint density at radius 1 is 1.44 bits per heavy atom. The second-order valence-corrected chi connectivity index (χ2v) is 4.59. The van der Waals surface area contributed by atoms with Crippen LogP contribution in [0.15, 0.2) is 24.5 Å². The van der Waals surface area contributed by atoms with Gasteiger partial charge in [0, 0.05) is 32.0 Å². The fourth-order valence-electron chi connectivity index (χ4n) is 1.93. The van der Waals surface area contributed by atoms with Crippen LogP contribution < -0.4 is 5.32 Å². The molecule has 0 bridgehead atoms. The van der Waals surface area contributed by atoms with E-state index in [-0.39, 0.29) is 5.91 Å². The van der Waals surface area contributed by atoms with Crippen LogP contribution in [-0.4, -0.2) is 34.4 Å². The Labute approximate surface area is 95.7 Å². The third-order valence-corrected chi connectivity index (χ3v) is 3.14. The van der Waals surface area contributed by atoms with E-state index in [9.17, 15) is 4.79 Å². The maximum atomic E-state index is 11.8. The van der Waals surface area contributed by atoms with Crippen LogP contribution in [0.3, 0.4) is 0 Å². The van der Waals surface area contributed by atoms with Gasteiger partial charge in [-0.25, -0.2) is 0 Å². The molecule has 1 saturated heterocycles. The Morgan fingerprint density at radius 3 is 2.81 bits per heavy atom. The Hall–Kier alpha value is -1.42. The number of hydrogen-bond donors (Lipinski definition) is 1. The van der Waals surface area contributed by atoms with Crippen molar-refractivity contribution in [1.82, 2.24) is 15.2 Å². The van der Waals surface area contributed by atoms with E-state index < -0.39 is 5.54 Å². The summed E-state index contributed by atoms with van der Waals surface area (Å²) in [7, 11) is 0. The molecule has 4 nitrogen and oxygen atoms in total. The van der Waals surface area contributed by atoms with Gasteiger partial charge in [0.05, 0.1) is 5.54 Å². The zero-order valence-electron chi connectivity index (χ0n) is 9.73. The van der Waals surface area contributed by atoms with E-state index in [0.29, 0.717) is 0 Å². The number of piperazine rings is 1. The lowest BCUT2D eigenvalue weighted by molar-refractivity contribution is -0.135. The molecule has 1 N–H and O–H groups in total. The van der Waals surface area contributed by atoms with Gasteiger partial charge in [0.2, 0.25) is 5.91 Å². The molecule has 86 valence electrons. The number of nitrogens with one attached hydrogen (secondary N) is 1. The van der Waals surface area contributed by atoms with Crippen LogP contribution in [0.25, 0.3) is 0 Å². The van der Waals surface area contributed by atoms with Crippen LogP contribution in [0.1, 0.15) is 19.4 Å². The third-order valence-electron chi connectivity index (χ3n) is 3.14. The van der Waals surface area contributed by atoms with E-state index in [1.807, 2.05) is 26.0 Å². The Kier molecular flexibility index (Phi) is 2.92. The van der Waals surface area contributed by atoms with Crippen LogP contribution in [-0.2, 0) is 11.3 Å². The summed E-state index contributed by atoms with van der Waals surface area (Å²) in [6.45, 7) is 6.34. The summed E-state index contributed by atoms with van der Waals surface area (Å²) in [4.78, 5) is 17.9. The molecule has 1 aliphatic rings. The highest BCUT2D eigenvalue weighted by molar-refractivity contribution is 5.86. The Morgan fingerprint density at radius 2 is 2.12 bits per heavy atom. The molecule has 0 radical (unpaired) electrons. The van der Waals surface area contributed by atoms with Gasteiger partial charge in [0.1, 0.15) is 0 Å². The number of nitrogens with zero attached hydrogens (tertiary/aromatic N) is 2. The number of carbonyl (C=O) groups excluding carboxylic acids is 1. The van der Waals surface area contributed by atoms with Crippen LogP contribution >= 0.6 is 0 Å². The molecular weight excluding hydrogens is 202 g/mol. The van der Waals surface area contributed by atoms with E-state index >= 15 is 0 Å². The van der Waals surface area contributed by atoms with Crippen LogP contribution in [0.5, 0.6) is 0 Å². The lowest BCUT2D eigenvalue weighted by atomic mass is 9.98. The van der Waals surface area contributed by atoms with Gasteiger partial charge in [-0.1, -0.05) is 0 Å². The summed E-state index contributed by atoms with van der Waals surface area (Å²) in [6.07, 6.45) is 3.57. The highest BCUT2D eigenvalue weighted by Crippen LogP contribution is 2.20. The molecule has 1 amide bonds. The number of amides is 1. The zero-order valence-corrected chi connectivity index (χ0v) is 9.73. The fraction of sp³-hybridized carbons (Fsp3) is 0.500. The summed E-state index contributed by atoms with van der Waals surface area (Å²) in [5, 5.41) is 2.90. The van der Waals surface area contributed by atoms with Gasteiger partial charge in [-0.3, -0.25) is 14.7 Å². The normalized spacial score (nSPS) is 20.5. The monoisotopic (exact) mass is 219 g/mol. The molecule has 2 rings (SSSR count). The van der Waals surface area contributed by atoms with Crippen molar-refractivity contribution in [3.63, 3.8) is 0 Å². The predicted octanol–water partition coefficient (Wildman–Crippen LogP) is 0.792. The van der Waals surface area contributed by atoms with Crippen molar-refractivity contribution in [3.8, 4) is 0 Å². The predicted molar refractivity (Wildman–Crippen MR) is 61.7 cm³/mol. The molecule has 1 aromatic rings. The summed E-state index contributed by atoms with van der Waals surface area (Å²) in [6, 6.07) is 3.98. The number of carbonyl (C=O) groups is 1. The van der Waals surface area contributed by atoms with E-state index in [1.165, 1.54) is 5.56 Å². The first-order valence-electron chi connectivity index (χ1n) is 5.53. The van der Waals surface area contributed by atoms with Crippen molar-refractivity contribution in [2.45, 2.75) is 25.9 Å². The standard InChI is InChI=1S/C12H17N3O/c1-12(2)11(16)14-7-8-15(12)9-10-3-5-13-6-4-10/h3-6H,7-9H2,1-2H3,(H,14,16). The lowest BCUT2D eigenvalue weighted by Crippen LogP contribution is -2.61. The summed E-state index contributed by atoms with van der Waals surface area (Å²) in [5.41, 5.74) is 0.763. The summed E-state index contributed by atoms with van der Waals surface area (Å²) in [5.74, 6) is 0.104. The molecule has 1 aliphatic heterocycles. The van der Waals surface area contributed by atoms with Crippen molar-refractivity contribution in [2.24, 2.45) is 0 Å². The van der Waals surface area contributed by atoms with Gasteiger partial charge >= 0.3 is 0 Å². The first-order valence-corrected chi connectivity index (χ1v) is 5.53. The molecule has 0 aromatic carbocycles. The molecule has 4 heteroatoms. The molecule has 2 heterocycles. The Balaban J connectivity index is 2.12. The second kappa shape index (κ2) is 4.22. The fourth-order valence-corrected chi connectivity index (χ4v) is 1.93. The highest BCUT2D eigenvalue weighted by atomic mass is 16.2. The average Bonchev–Trinajstić information content (AvgIpc) is 2.27. The van der Waals surface area contributed by atoms with Crippen molar-refractivity contribution in [1.29, 1.82) is 0 Å². The lowest BCUT2D eigenvalue weighted by Gasteiger charge is -2.41. The van der Waals surface area contributed by atoms with E-state index in [0.717, 1.165) is 19.6 Å². The number of rotatable bonds is 2. The topological polar surface area (TPSA) is 45.2 Å². The SMILES string of the molecule is CC1(C)C(=O)NCCN1Cc1ccncc1. The van der Waals surface area contributed by atoms with Crippen LogP contribution in [0.4, 0.5) is 0 Å². The van der Waals surface area contributed by atoms with E-state index in [1.54, 1.807) is 12.4 Å². The number of pyridine rings is 1. The molecular formula is C12H17N3O. The summed E-state index contributed by atoms with van der Waals surface area (Å²) < 4.78 is 0. The van der Waals surface area contributed by atoms with Crippen LogP contribution in [0.2, 0.25) is 0 Å². The van der Waals surface area contributed by atoms with Crippen molar-refractivity contribution in [2.75, 3.05) is 13.1 Å². The van der Waals surface area contributed by atoms with Crippen molar-refractivity contribution in [3.05, 3.63) is 30.1 Å². The quantitative estimate of drug-likeness (QED) is 0.800. The molecule has 16 heavy (non-hydrogen) atoms. The smallest absolute Gasteiger partial charge is 0.240 e. The minimum Gasteiger partial charge on any atom is -0.353 e. The van der Waals surface area contributed by atoms with Crippen molar-refractivity contribution >= 4 is 5.91 Å². The minimum atomic E-state index is -0.429. The second-order valence-electron chi connectivity index (χ2n) is 4.59. The highest BCUT2D eigenvalue weighted by Gasteiger charge is 2.37. The van der Waals surface area contributed by atoms with Gasteiger partial charge in [0.15, 0.2) is 0 Å². The molecule has 1 fully saturated rings. The van der Waals surface area contributed by atoms with E-state index in [4.69, 9.17) is 0 Å². The third kappa shape index (κ3) is 2.07. The average molecular weight is 219 g/mol. The number of hydrogen-bond acceptors (Lipinski definition) is 3. The van der Waals surface area contributed by atoms with E-state index in [2.05, 4.69) is 15.2 Å². The van der Waals surface area contributed by atoms with Gasteiger partial charge in [-0.2, -0.15) is 0 Å². The molecule has 0 aliphatic carbocycles. The summed E-state index contributed by atoms with van der Waals surface area (Å²) >= 11 is 0. The zero-order chi connectivity index (χ0) is 11.6. The van der Waals surface area contributed by atoms with Gasteiger partial charge in [-0.15, -0.1) is 0 Å². The van der Waals surface area contributed by atoms with Gasteiger partial charge in [0.25, 0.3) is 0 Å².